The monoisotopic (exact) mass is 346 g/mol. The SMILES string of the molecule is CC(C)[C@H](Cn1nccn1)NC(=O)[C@H](C)Oc1ccc2c(c1)OCO2. The third-order valence-corrected chi connectivity index (χ3v) is 3.99. The van der Waals surface area contributed by atoms with E-state index >= 15 is 0 Å². The first kappa shape index (κ1) is 17.1. The molecule has 1 N–H and O–H groups in total. The maximum absolute atomic E-state index is 12.5. The Kier molecular flexibility index (Phi) is 5.06. The van der Waals surface area contributed by atoms with E-state index in [-0.39, 0.29) is 24.7 Å². The first-order valence-corrected chi connectivity index (χ1v) is 8.23. The number of aromatic nitrogens is 3. The van der Waals surface area contributed by atoms with E-state index in [1.54, 1.807) is 42.3 Å². The summed E-state index contributed by atoms with van der Waals surface area (Å²) >= 11 is 0. The molecule has 0 saturated heterocycles. The van der Waals surface area contributed by atoms with Crippen LogP contribution in [-0.2, 0) is 11.3 Å². The van der Waals surface area contributed by atoms with E-state index in [2.05, 4.69) is 15.5 Å². The Morgan fingerprint density at radius 1 is 1.24 bits per heavy atom. The number of benzene rings is 1. The Morgan fingerprint density at radius 3 is 2.68 bits per heavy atom. The Morgan fingerprint density at radius 2 is 1.96 bits per heavy atom. The van der Waals surface area contributed by atoms with E-state index in [9.17, 15) is 4.79 Å². The molecular weight excluding hydrogens is 324 g/mol. The summed E-state index contributed by atoms with van der Waals surface area (Å²) in [6.45, 7) is 6.50. The van der Waals surface area contributed by atoms with E-state index in [0.717, 1.165) is 0 Å². The number of carbonyl (C=O) groups is 1. The van der Waals surface area contributed by atoms with Crippen LogP contribution in [0.1, 0.15) is 20.8 Å². The zero-order valence-corrected chi connectivity index (χ0v) is 14.5. The largest absolute Gasteiger partial charge is 0.481 e. The van der Waals surface area contributed by atoms with E-state index in [0.29, 0.717) is 23.8 Å². The molecule has 2 atom stereocenters. The van der Waals surface area contributed by atoms with Gasteiger partial charge in [-0.05, 0) is 25.0 Å². The maximum Gasteiger partial charge on any atom is 0.261 e. The van der Waals surface area contributed by atoms with Crippen LogP contribution in [-0.4, -0.2) is 39.8 Å². The molecule has 2 heterocycles. The number of nitrogens with one attached hydrogen (secondary N) is 1. The van der Waals surface area contributed by atoms with Crippen molar-refractivity contribution in [3.05, 3.63) is 30.6 Å². The average molecular weight is 346 g/mol. The van der Waals surface area contributed by atoms with Gasteiger partial charge in [0.15, 0.2) is 17.6 Å². The highest BCUT2D eigenvalue weighted by molar-refractivity contribution is 5.81. The molecule has 0 radical (unpaired) electrons. The lowest BCUT2D eigenvalue weighted by molar-refractivity contribution is -0.128. The summed E-state index contributed by atoms with van der Waals surface area (Å²) in [7, 11) is 0. The van der Waals surface area contributed by atoms with Crippen LogP contribution in [0.25, 0.3) is 0 Å². The van der Waals surface area contributed by atoms with Crippen LogP contribution >= 0.6 is 0 Å². The second-order valence-corrected chi connectivity index (χ2v) is 6.22. The zero-order chi connectivity index (χ0) is 17.8. The van der Waals surface area contributed by atoms with Crippen molar-refractivity contribution >= 4 is 5.91 Å². The Bertz CT molecular complexity index is 717. The Hall–Kier alpha value is -2.77. The summed E-state index contributed by atoms with van der Waals surface area (Å²) in [4.78, 5) is 14.0. The van der Waals surface area contributed by atoms with Crippen LogP contribution in [0.5, 0.6) is 17.2 Å². The first-order valence-electron chi connectivity index (χ1n) is 8.23. The molecule has 0 bridgehead atoms. The lowest BCUT2D eigenvalue weighted by Crippen LogP contribution is -2.47. The molecule has 0 fully saturated rings. The van der Waals surface area contributed by atoms with Crippen molar-refractivity contribution < 1.29 is 19.0 Å². The predicted molar refractivity (Wildman–Crippen MR) is 89.4 cm³/mol. The normalized spacial score (nSPS) is 15.0. The van der Waals surface area contributed by atoms with Crippen molar-refractivity contribution in [3.63, 3.8) is 0 Å². The molecule has 1 aromatic heterocycles. The van der Waals surface area contributed by atoms with Gasteiger partial charge in [-0.2, -0.15) is 15.0 Å². The molecule has 1 amide bonds. The van der Waals surface area contributed by atoms with Gasteiger partial charge in [0.25, 0.3) is 5.91 Å². The highest BCUT2D eigenvalue weighted by atomic mass is 16.7. The van der Waals surface area contributed by atoms with Gasteiger partial charge in [-0.15, -0.1) is 0 Å². The molecule has 0 unspecified atom stereocenters. The van der Waals surface area contributed by atoms with Gasteiger partial charge in [-0.1, -0.05) is 13.8 Å². The minimum absolute atomic E-state index is 0.0947. The standard InChI is InChI=1S/C17H22N4O4/c1-11(2)14(9-21-18-6-7-19-21)20-17(22)12(3)25-13-4-5-15-16(8-13)24-10-23-15/h4-8,11-12,14H,9-10H2,1-3H3,(H,20,22)/t12-,14-/m0/s1. The Balaban J connectivity index is 1.59. The van der Waals surface area contributed by atoms with Crippen molar-refractivity contribution in [1.29, 1.82) is 0 Å². The van der Waals surface area contributed by atoms with Gasteiger partial charge in [0.1, 0.15) is 5.75 Å². The molecule has 8 nitrogen and oxygen atoms in total. The zero-order valence-electron chi connectivity index (χ0n) is 14.5. The van der Waals surface area contributed by atoms with Crippen molar-refractivity contribution in [3.8, 4) is 17.2 Å². The van der Waals surface area contributed by atoms with Gasteiger partial charge in [0.2, 0.25) is 6.79 Å². The van der Waals surface area contributed by atoms with Crippen LogP contribution in [0.2, 0.25) is 0 Å². The number of hydrogen-bond acceptors (Lipinski definition) is 6. The second kappa shape index (κ2) is 7.42. The minimum Gasteiger partial charge on any atom is -0.481 e. The summed E-state index contributed by atoms with van der Waals surface area (Å²) in [5.41, 5.74) is 0. The topological polar surface area (TPSA) is 87.5 Å². The van der Waals surface area contributed by atoms with Crippen LogP contribution in [0.3, 0.4) is 0 Å². The number of hydrogen-bond donors (Lipinski definition) is 1. The highest BCUT2D eigenvalue weighted by Crippen LogP contribution is 2.35. The summed E-state index contributed by atoms with van der Waals surface area (Å²) < 4.78 is 16.3. The van der Waals surface area contributed by atoms with Crippen molar-refractivity contribution in [2.75, 3.05) is 6.79 Å². The van der Waals surface area contributed by atoms with Gasteiger partial charge >= 0.3 is 0 Å². The van der Waals surface area contributed by atoms with Gasteiger partial charge < -0.3 is 19.5 Å². The molecule has 0 saturated carbocycles. The van der Waals surface area contributed by atoms with Crippen LogP contribution in [0, 0.1) is 5.92 Å². The molecule has 134 valence electrons. The summed E-state index contributed by atoms with van der Waals surface area (Å²) in [5.74, 6) is 1.89. The van der Waals surface area contributed by atoms with E-state index < -0.39 is 6.10 Å². The molecule has 1 aliphatic rings. The van der Waals surface area contributed by atoms with Crippen molar-refractivity contribution in [2.45, 2.75) is 39.5 Å². The van der Waals surface area contributed by atoms with Gasteiger partial charge in [0.05, 0.1) is 25.0 Å². The summed E-state index contributed by atoms with van der Waals surface area (Å²) in [6, 6.07) is 5.15. The third-order valence-electron chi connectivity index (χ3n) is 3.99. The molecule has 1 aliphatic heterocycles. The second-order valence-electron chi connectivity index (χ2n) is 6.22. The molecule has 3 rings (SSSR count). The van der Waals surface area contributed by atoms with Gasteiger partial charge in [-0.3, -0.25) is 4.79 Å². The maximum atomic E-state index is 12.5. The van der Waals surface area contributed by atoms with E-state index in [1.165, 1.54) is 0 Å². The molecule has 25 heavy (non-hydrogen) atoms. The number of nitrogens with zero attached hydrogens (tertiary/aromatic N) is 3. The van der Waals surface area contributed by atoms with Crippen molar-refractivity contribution in [1.82, 2.24) is 20.3 Å². The molecule has 0 spiro atoms. The quantitative estimate of drug-likeness (QED) is 0.820. The summed E-state index contributed by atoms with van der Waals surface area (Å²) in [5, 5.41) is 11.2. The minimum atomic E-state index is -0.646. The fraction of sp³-hybridized carbons (Fsp3) is 0.471. The smallest absolute Gasteiger partial charge is 0.261 e. The van der Waals surface area contributed by atoms with Crippen LogP contribution in [0.4, 0.5) is 0 Å². The number of carbonyl (C=O) groups excluding carboxylic acids is 1. The van der Waals surface area contributed by atoms with E-state index in [1.807, 2.05) is 13.8 Å². The number of fused-ring (bicyclic) bond motifs is 1. The van der Waals surface area contributed by atoms with Crippen LogP contribution in [0.15, 0.2) is 30.6 Å². The fourth-order valence-corrected chi connectivity index (χ4v) is 2.44. The molecule has 2 aromatic rings. The lowest BCUT2D eigenvalue weighted by atomic mass is 10.0. The lowest BCUT2D eigenvalue weighted by Gasteiger charge is -2.24. The molecule has 1 aromatic carbocycles. The number of rotatable bonds is 7. The van der Waals surface area contributed by atoms with Gasteiger partial charge in [0, 0.05) is 6.07 Å². The predicted octanol–water partition coefficient (Wildman–Crippen LogP) is 1.62. The molecule has 0 aliphatic carbocycles. The Labute approximate surface area is 146 Å². The highest BCUT2D eigenvalue weighted by Gasteiger charge is 2.23. The van der Waals surface area contributed by atoms with Crippen LogP contribution < -0.4 is 19.5 Å². The molecule has 8 heteroatoms. The first-order chi connectivity index (χ1) is 12.0. The van der Waals surface area contributed by atoms with Gasteiger partial charge in [-0.25, -0.2) is 0 Å². The fourth-order valence-electron chi connectivity index (χ4n) is 2.44. The molecular formula is C17H22N4O4. The van der Waals surface area contributed by atoms with E-state index in [4.69, 9.17) is 14.2 Å². The summed E-state index contributed by atoms with van der Waals surface area (Å²) in [6.07, 6.45) is 2.59. The average Bonchev–Trinajstić information content (AvgIpc) is 3.24. The van der Waals surface area contributed by atoms with Crippen molar-refractivity contribution in [2.24, 2.45) is 5.92 Å². The number of ether oxygens (including phenoxy) is 3. The third kappa shape index (κ3) is 4.20. The number of amides is 1.